The first-order valence-electron chi connectivity index (χ1n) is 10.4. The molecule has 9 heteroatoms. The van der Waals surface area contributed by atoms with Gasteiger partial charge in [0.05, 0.1) is 5.69 Å². The molecule has 8 nitrogen and oxygen atoms in total. The molecule has 31 heavy (non-hydrogen) atoms. The van der Waals surface area contributed by atoms with Crippen molar-refractivity contribution in [3.63, 3.8) is 0 Å². The van der Waals surface area contributed by atoms with Crippen molar-refractivity contribution in [1.82, 2.24) is 30.4 Å². The van der Waals surface area contributed by atoms with E-state index in [1.807, 2.05) is 35.2 Å². The van der Waals surface area contributed by atoms with Crippen LogP contribution in [0.15, 0.2) is 60.0 Å². The quantitative estimate of drug-likeness (QED) is 0.524. The molecule has 5 rings (SSSR count). The number of hydrogen-bond donors (Lipinski definition) is 1. The molecule has 0 unspecified atom stereocenters. The lowest BCUT2D eigenvalue weighted by molar-refractivity contribution is 0.194. The van der Waals surface area contributed by atoms with E-state index in [4.69, 9.17) is 0 Å². The van der Waals surface area contributed by atoms with Gasteiger partial charge in [-0.3, -0.25) is 0 Å². The number of piperazine rings is 1. The molecule has 1 N–H and O–H groups in total. The molecule has 0 atom stereocenters. The number of aromatic nitrogens is 4. The molecule has 1 aliphatic heterocycles. The number of nitrogens with one attached hydrogen (secondary N) is 1. The molecule has 1 fully saturated rings. The molecule has 2 aromatic heterocycles. The van der Waals surface area contributed by atoms with Crippen molar-refractivity contribution in [2.75, 3.05) is 37.6 Å². The molecule has 2 aromatic carbocycles. The molecule has 4 aromatic rings. The maximum Gasteiger partial charge on any atom is 0.317 e. The molecule has 0 bridgehead atoms. The van der Waals surface area contributed by atoms with Gasteiger partial charge in [-0.25, -0.2) is 4.79 Å². The van der Waals surface area contributed by atoms with Crippen molar-refractivity contribution < 1.29 is 4.79 Å². The van der Waals surface area contributed by atoms with Gasteiger partial charge in [0.25, 0.3) is 0 Å². The standard InChI is InChI=1S/C22H23N7OS/c30-22(23-11-10-17-16-31-20-9-5-4-8-19(17)20)28-14-12-27(13-15-28)21-24-25-26-29(21)18-6-2-1-3-7-18/h1-9,16H,10-15H2,(H,23,30). The summed E-state index contributed by atoms with van der Waals surface area (Å²) in [5.41, 5.74) is 2.21. The van der Waals surface area contributed by atoms with Crippen LogP contribution >= 0.6 is 11.3 Å². The number of urea groups is 1. The number of thiophene rings is 1. The minimum Gasteiger partial charge on any atom is -0.338 e. The van der Waals surface area contributed by atoms with Crippen LogP contribution in [0.3, 0.4) is 0 Å². The fourth-order valence-corrected chi connectivity index (χ4v) is 4.86. The van der Waals surface area contributed by atoms with E-state index < -0.39 is 0 Å². The van der Waals surface area contributed by atoms with Crippen molar-refractivity contribution in [2.24, 2.45) is 0 Å². The number of fused-ring (bicyclic) bond motifs is 1. The van der Waals surface area contributed by atoms with Crippen LogP contribution in [0.4, 0.5) is 10.7 Å². The number of carbonyl (C=O) groups is 1. The van der Waals surface area contributed by atoms with E-state index in [1.165, 1.54) is 15.6 Å². The van der Waals surface area contributed by atoms with E-state index in [0.717, 1.165) is 12.1 Å². The summed E-state index contributed by atoms with van der Waals surface area (Å²) in [4.78, 5) is 16.6. The minimum absolute atomic E-state index is 0.0122. The summed E-state index contributed by atoms with van der Waals surface area (Å²) in [7, 11) is 0. The Morgan fingerprint density at radius 1 is 1.00 bits per heavy atom. The number of rotatable bonds is 5. The lowest BCUT2D eigenvalue weighted by Gasteiger charge is -2.34. The van der Waals surface area contributed by atoms with Crippen molar-refractivity contribution >= 4 is 33.4 Å². The van der Waals surface area contributed by atoms with Gasteiger partial charge in [0, 0.05) is 37.4 Å². The van der Waals surface area contributed by atoms with E-state index in [2.05, 4.69) is 55.4 Å². The van der Waals surface area contributed by atoms with Crippen molar-refractivity contribution in [3.8, 4) is 5.69 Å². The number of nitrogens with zero attached hydrogens (tertiary/aromatic N) is 6. The van der Waals surface area contributed by atoms with Gasteiger partial charge in [0.15, 0.2) is 0 Å². The summed E-state index contributed by atoms with van der Waals surface area (Å²) in [5.74, 6) is 0.704. The number of benzene rings is 2. The van der Waals surface area contributed by atoms with Crippen LogP contribution in [0, 0.1) is 0 Å². The zero-order valence-electron chi connectivity index (χ0n) is 17.0. The molecule has 0 spiro atoms. The lowest BCUT2D eigenvalue weighted by atomic mass is 10.1. The molecule has 2 amide bonds. The average Bonchev–Trinajstić information content (AvgIpc) is 3.47. The summed E-state index contributed by atoms with van der Waals surface area (Å²) in [6.45, 7) is 3.28. The summed E-state index contributed by atoms with van der Waals surface area (Å²) in [6, 6.07) is 18.2. The van der Waals surface area contributed by atoms with Crippen molar-refractivity contribution in [2.45, 2.75) is 6.42 Å². The van der Waals surface area contributed by atoms with E-state index in [-0.39, 0.29) is 6.03 Å². The highest BCUT2D eigenvalue weighted by Crippen LogP contribution is 2.25. The third-order valence-electron chi connectivity index (χ3n) is 5.54. The first-order valence-corrected chi connectivity index (χ1v) is 11.2. The molecule has 0 aliphatic carbocycles. The minimum atomic E-state index is -0.0122. The van der Waals surface area contributed by atoms with Crippen molar-refractivity contribution in [3.05, 3.63) is 65.5 Å². The number of anilines is 1. The molecule has 1 saturated heterocycles. The molecule has 158 valence electrons. The van der Waals surface area contributed by atoms with E-state index in [9.17, 15) is 4.79 Å². The summed E-state index contributed by atoms with van der Waals surface area (Å²) in [6.07, 6.45) is 0.835. The van der Waals surface area contributed by atoms with Gasteiger partial charge in [-0.2, -0.15) is 4.68 Å². The Bertz CT molecular complexity index is 1160. The Hall–Kier alpha value is -3.46. The zero-order valence-corrected chi connectivity index (χ0v) is 17.8. The Morgan fingerprint density at radius 2 is 1.77 bits per heavy atom. The fourth-order valence-electron chi connectivity index (χ4n) is 3.87. The highest BCUT2D eigenvalue weighted by atomic mass is 32.1. The van der Waals surface area contributed by atoms with E-state index in [1.54, 1.807) is 16.0 Å². The first kappa shape index (κ1) is 19.5. The Morgan fingerprint density at radius 3 is 2.61 bits per heavy atom. The third kappa shape index (κ3) is 4.09. The van der Waals surface area contributed by atoms with Crippen LogP contribution in [0.25, 0.3) is 15.8 Å². The van der Waals surface area contributed by atoms with Crippen LogP contribution in [0.5, 0.6) is 0 Å². The maximum absolute atomic E-state index is 12.6. The third-order valence-corrected chi connectivity index (χ3v) is 6.55. The van der Waals surface area contributed by atoms with Gasteiger partial charge >= 0.3 is 6.03 Å². The van der Waals surface area contributed by atoms with Crippen LogP contribution in [-0.2, 0) is 6.42 Å². The van der Waals surface area contributed by atoms with Gasteiger partial charge in [0.2, 0.25) is 5.95 Å². The second kappa shape index (κ2) is 8.73. The van der Waals surface area contributed by atoms with E-state index >= 15 is 0 Å². The van der Waals surface area contributed by atoms with Crippen LogP contribution in [-0.4, -0.2) is 63.9 Å². The fraction of sp³-hybridized carbons (Fsp3) is 0.273. The zero-order chi connectivity index (χ0) is 21.0. The van der Waals surface area contributed by atoms with Gasteiger partial charge in [-0.05, 0) is 51.4 Å². The smallest absolute Gasteiger partial charge is 0.317 e. The van der Waals surface area contributed by atoms with Crippen LogP contribution < -0.4 is 10.2 Å². The molecule has 3 heterocycles. The summed E-state index contributed by atoms with van der Waals surface area (Å²) in [5, 5.41) is 18.7. The topological polar surface area (TPSA) is 79.2 Å². The number of carbonyl (C=O) groups excluding carboxylic acids is 1. The second-order valence-corrected chi connectivity index (χ2v) is 8.35. The summed E-state index contributed by atoms with van der Waals surface area (Å²) < 4.78 is 3.03. The predicted molar refractivity (Wildman–Crippen MR) is 122 cm³/mol. The average molecular weight is 434 g/mol. The molecule has 1 aliphatic rings. The number of amides is 2. The number of hydrogen-bond acceptors (Lipinski definition) is 6. The molecular formula is C22H23N7OS. The lowest BCUT2D eigenvalue weighted by Crippen LogP contribution is -2.52. The van der Waals surface area contributed by atoms with E-state index in [0.29, 0.717) is 38.7 Å². The highest BCUT2D eigenvalue weighted by molar-refractivity contribution is 7.17. The van der Waals surface area contributed by atoms with Gasteiger partial charge < -0.3 is 15.1 Å². The Kier molecular flexibility index (Phi) is 5.49. The number of para-hydroxylation sites is 1. The van der Waals surface area contributed by atoms with Crippen LogP contribution in [0.1, 0.15) is 5.56 Å². The summed E-state index contributed by atoms with van der Waals surface area (Å²) >= 11 is 1.75. The molecular weight excluding hydrogens is 410 g/mol. The molecule has 0 saturated carbocycles. The normalized spacial score (nSPS) is 14.2. The second-order valence-electron chi connectivity index (χ2n) is 7.44. The number of tetrazole rings is 1. The Balaban J connectivity index is 1.14. The monoisotopic (exact) mass is 433 g/mol. The molecule has 0 radical (unpaired) electrons. The van der Waals surface area contributed by atoms with Gasteiger partial charge in [-0.1, -0.05) is 41.5 Å². The Labute approximate surface area is 184 Å². The van der Waals surface area contributed by atoms with Crippen LogP contribution in [0.2, 0.25) is 0 Å². The first-order chi connectivity index (χ1) is 15.3. The van der Waals surface area contributed by atoms with Gasteiger partial charge in [0.1, 0.15) is 0 Å². The van der Waals surface area contributed by atoms with Gasteiger partial charge in [-0.15, -0.1) is 11.3 Å². The SMILES string of the molecule is O=C(NCCc1csc2ccccc12)N1CCN(c2nnnn2-c2ccccc2)CC1. The highest BCUT2D eigenvalue weighted by Gasteiger charge is 2.24. The largest absolute Gasteiger partial charge is 0.338 e. The predicted octanol–water partition coefficient (Wildman–Crippen LogP) is 2.95. The maximum atomic E-state index is 12.6. The van der Waals surface area contributed by atoms with Crippen molar-refractivity contribution in [1.29, 1.82) is 0 Å².